The number of methoxy groups -OCH3 is 1. The second-order valence-electron chi connectivity index (χ2n) is 7.32. The molecule has 8 nitrogen and oxygen atoms in total. The van der Waals surface area contributed by atoms with Crippen molar-refractivity contribution in [2.24, 2.45) is 0 Å². The fraction of sp³-hybridized carbons (Fsp3) is 0.474. The second-order valence-corrected chi connectivity index (χ2v) is 10.3. The number of amides is 1. The summed E-state index contributed by atoms with van der Waals surface area (Å²) in [5, 5.41) is 3.40. The van der Waals surface area contributed by atoms with Gasteiger partial charge in [0.2, 0.25) is 15.9 Å². The number of carbonyl (C=O) groups is 1. The summed E-state index contributed by atoms with van der Waals surface area (Å²) in [7, 11) is -0.183. The maximum absolute atomic E-state index is 13.1. The first-order valence-corrected chi connectivity index (χ1v) is 11.8. The number of hydrogen-bond donors (Lipinski definition) is 1. The van der Waals surface area contributed by atoms with Crippen LogP contribution in [0.2, 0.25) is 0 Å². The second kappa shape index (κ2) is 8.02. The Labute approximate surface area is 174 Å². The van der Waals surface area contributed by atoms with Gasteiger partial charge in [-0.1, -0.05) is 0 Å². The topological polar surface area (TPSA) is 91.8 Å². The first-order valence-electron chi connectivity index (χ1n) is 9.52. The lowest BCUT2D eigenvalue weighted by Gasteiger charge is -2.23. The minimum Gasteiger partial charge on any atom is -0.497 e. The number of sulfonamides is 1. The van der Waals surface area contributed by atoms with E-state index in [4.69, 9.17) is 4.74 Å². The van der Waals surface area contributed by atoms with Crippen molar-refractivity contribution in [2.75, 3.05) is 32.6 Å². The Morgan fingerprint density at radius 2 is 2.03 bits per heavy atom. The Morgan fingerprint density at radius 3 is 2.76 bits per heavy atom. The van der Waals surface area contributed by atoms with Gasteiger partial charge >= 0.3 is 0 Å². The fourth-order valence-electron chi connectivity index (χ4n) is 3.74. The van der Waals surface area contributed by atoms with E-state index in [0.717, 1.165) is 30.1 Å². The zero-order valence-electron chi connectivity index (χ0n) is 16.4. The van der Waals surface area contributed by atoms with E-state index in [1.165, 1.54) is 34.9 Å². The molecule has 0 spiro atoms. The van der Waals surface area contributed by atoms with Crippen molar-refractivity contribution < 1.29 is 17.9 Å². The number of nitrogens with one attached hydrogen (secondary N) is 1. The predicted octanol–water partition coefficient (Wildman–Crippen LogP) is 1.93. The van der Waals surface area contributed by atoms with E-state index in [1.807, 2.05) is 0 Å². The number of carbonyl (C=O) groups excluding carboxylic acids is 1. The van der Waals surface area contributed by atoms with E-state index < -0.39 is 16.1 Å². The molecule has 0 aliphatic carbocycles. The summed E-state index contributed by atoms with van der Waals surface area (Å²) in [6, 6.07) is 5.50. The van der Waals surface area contributed by atoms with E-state index in [2.05, 4.69) is 22.2 Å². The third-order valence-corrected chi connectivity index (χ3v) is 8.24. The van der Waals surface area contributed by atoms with E-state index in [1.54, 1.807) is 12.1 Å². The van der Waals surface area contributed by atoms with Gasteiger partial charge in [-0.25, -0.2) is 13.4 Å². The number of nitrogens with zero attached hydrogens (tertiary/aromatic N) is 3. The minimum absolute atomic E-state index is 0.158. The molecule has 1 amide bonds. The first-order chi connectivity index (χ1) is 13.9. The average molecular weight is 437 g/mol. The third kappa shape index (κ3) is 4.02. The molecular weight excluding hydrogens is 412 g/mol. The van der Waals surface area contributed by atoms with Gasteiger partial charge in [0, 0.05) is 30.9 Å². The summed E-state index contributed by atoms with van der Waals surface area (Å²) in [6.45, 7) is 2.09. The minimum atomic E-state index is -3.77. The monoisotopic (exact) mass is 436 g/mol. The highest BCUT2D eigenvalue weighted by Crippen LogP contribution is 2.30. The van der Waals surface area contributed by atoms with Crippen molar-refractivity contribution in [1.82, 2.24) is 14.2 Å². The summed E-state index contributed by atoms with van der Waals surface area (Å²) in [4.78, 5) is 21.0. The molecule has 0 saturated carbocycles. The largest absolute Gasteiger partial charge is 0.497 e. The number of hydrogen-bond acceptors (Lipinski definition) is 7. The van der Waals surface area contributed by atoms with Crippen LogP contribution in [0.5, 0.6) is 5.75 Å². The number of benzene rings is 1. The quantitative estimate of drug-likeness (QED) is 0.770. The summed E-state index contributed by atoms with van der Waals surface area (Å²) in [5.74, 6) is 0.261. The van der Waals surface area contributed by atoms with E-state index in [9.17, 15) is 13.2 Å². The van der Waals surface area contributed by atoms with E-state index in [-0.39, 0.29) is 10.8 Å². The molecule has 0 unspecified atom stereocenters. The molecule has 2 aliphatic rings. The number of likely N-dealkylation sites (N-methyl/N-ethyl adjacent to an activating group) is 1. The SMILES string of the molecule is COc1ccc(S(=O)(=O)N2CCC[C@@H]2C(=O)Nc2nc3c(s2)CN(C)CC3)cc1. The molecule has 1 aromatic carbocycles. The molecule has 1 fully saturated rings. The molecule has 0 radical (unpaired) electrons. The number of ether oxygens (including phenoxy) is 1. The highest BCUT2D eigenvalue weighted by molar-refractivity contribution is 7.89. The molecule has 4 rings (SSSR count). The molecule has 1 atom stereocenters. The van der Waals surface area contributed by atoms with E-state index >= 15 is 0 Å². The lowest BCUT2D eigenvalue weighted by atomic mass is 10.2. The molecule has 3 heterocycles. The Kier molecular flexibility index (Phi) is 5.60. The van der Waals surface area contributed by atoms with Gasteiger partial charge in [-0.05, 0) is 44.2 Å². The van der Waals surface area contributed by atoms with Gasteiger partial charge < -0.3 is 15.0 Å². The van der Waals surface area contributed by atoms with Crippen LogP contribution in [0.4, 0.5) is 5.13 Å². The standard InChI is InChI=1S/C19H24N4O4S2/c1-22-11-9-15-17(12-22)28-19(20-15)21-18(24)16-4-3-10-23(16)29(25,26)14-7-5-13(27-2)6-8-14/h5-8,16H,3-4,9-12H2,1-2H3,(H,20,21,24)/t16-/m1/s1. The van der Waals surface area contributed by atoms with Crippen molar-refractivity contribution in [1.29, 1.82) is 0 Å². The maximum atomic E-state index is 13.1. The lowest BCUT2D eigenvalue weighted by Crippen LogP contribution is -2.43. The van der Waals surface area contributed by atoms with E-state index in [0.29, 0.717) is 30.3 Å². The Morgan fingerprint density at radius 1 is 1.28 bits per heavy atom. The summed E-state index contributed by atoms with van der Waals surface area (Å²) in [5.41, 5.74) is 1.03. The van der Waals surface area contributed by atoms with Crippen LogP contribution in [-0.4, -0.2) is 61.8 Å². The van der Waals surface area contributed by atoms with Crippen LogP contribution < -0.4 is 10.1 Å². The number of rotatable bonds is 5. The van der Waals surface area contributed by atoms with Crippen molar-refractivity contribution in [3.8, 4) is 5.75 Å². The Hall–Kier alpha value is -2.01. The average Bonchev–Trinajstić information content (AvgIpc) is 3.34. The van der Waals surface area contributed by atoms with Crippen molar-refractivity contribution >= 4 is 32.4 Å². The van der Waals surface area contributed by atoms with Crippen LogP contribution in [0.1, 0.15) is 23.4 Å². The van der Waals surface area contributed by atoms with Gasteiger partial charge in [-0.15, -0.1) is 11.3 Å². The number of fused-ring (bicyclic) bond motifs is 1. The molecule has 0 bridgehead atoms. The van der Waals surface area contributed by atoms with Gasteiger partial charge in [-0.3, -0.25) is 4.79 Å². The van der Waals surface area contributed by atoms with Crippen LogP contribution in [0.25, 0.3) is 0 Å². The first kappa shape index (κ1) is 20.3. The molecule has 2 aromatic rings. The van der Waals surface area contributed by atoms with Crippen LogP contribution in [-0.2, 0) is 27.8 Å². The molecule has 2 aliphatic heterocycles. The smallest absolute Gasteiger partial charge is 0.244 e. The number of aromatic nitrogens is 1. The lowest BCUT2D eigenvalue weighted by molar-refractivity contribution is -0.119. The molecule has 156 valence electrons. The maximum Gasteiger partial charge on any atom is 0.244 e. The molecule has 10 heteroatoms. The van der Waals surface area contributed by atoms with Gasteiger partial charge in [0.25, 0.3) is 0 Å². The Bertz CT molecular complexity index is 1000. The van der Waals surface area contributed by atoms with Crippen LogP contribution in [0.15, 0.2) is 29.2 Å². The zero-order chi connectivity index (χ0) is 20.6. The van der Waals surface area contributed by atoms with Gasteiger partial charge in [0.15, 0.2) is 5.13 Å². The third-order valence-electron chi connectivity index (χ3n) is 5.32. The van der Waals surface area contributed by atoms with Gasteiger partial charge in [0.05, 0.1) is 17.7 Å². The highest BCUT2D eigenvalue weighted by Gasteiger charge is 2.39. The zero-order valence-corrected chi connectivity index (χ0v) is 18.1. The molecular formula is C19H24N4O4S2. The van der Waals surface area contributed by atoms with Crippen LogP contribution in [0, 0.1) is 0 Å². The summed E-state index contributed by atoms with van der Waals surface area (Å²) < 4.78 is 32.6. The van der Waals surface area contributed by atoms with Gasteiger partial charge in [0.1, 0.15) is 11.8 Å². The van der Waals surface area contributed by atoms with Gasteiger partial charge in [-0.2, -0.15) is 4.31 Å². The Balaban J connectivity index is 1.51. The molecule has 1 N–H and O–H groups in total. The van der Waals surface area contributed by atoms with Crippen molar-refractivity contribution in [3.63, 3.8) is 0 Å². The fourth-order valence-corrected chi connectivity index (χ4v) is 6.49. The molecule has 29 heavy (non-hydrogen) atoms. The summed E-state index contributed by atoms with van der Waals surface area (Å²) in [6.07, 6.45) is 2.00. The predicted molar refractivity (Wildman–Crippen MR) is 111 cm³/mol. The van der Waals surface area contributed by atoms with Crippen molar-refractivity contribution in [2.45, 2.75) is 36.7 Å². The molecule has 1 saturated heterocycles. The highest BCUT2D eigenvalue weighted by atomic mass is 32.2. The normalized spacial score (nSPS) is 20.4. The molecule has 1 aromatic heterocycles. The van der Waals surface area contributed by atoms with Crippen molar-refractivity contribution in [3.05, 3.63) is 34.8 Å². The number of thiazole rings is 1. The number of anilines is 1. The van der Waals surface area contributed by atoms with Crippen LogP contribution >= 0.6 is 11.3 Å². The van der Waals surface area contributed by atoms with Crippen LogP contribution in [0.3, 0.4) is 0 Å². The summed E-state index contributed by atoms with van der Waals surface area (Å²) >= 11 is 1.47.